The van der Waals surface area contributed by atoms with Crippen molar-refractivity contribution in [2.24, 2.45) is 0 Å². The Bertz CT molecular complexity index is 354. The Labute approximate surface area is 94.1 Å². The lowest BCUT2D eigenvalue weighted by atomic mass is 10.1. The fourth-order valence-electron chi connectivity index (χ4n) is 1.13. The van der Waals surface area contributed by atoms with Crippen LogP contribution in [-0.2, 0) is 16.0 Å². The highest BCUT2D eigenvalue weighted by Crippen LogP contribution is 2.12. The SMILES string of the molecule is COCCc1ccc(O/C=C/C(=O)O)cc1. The molecule has 0 saturated carbocycles. The summed E-state index contributed by atoms with van der Waals surface area (Å²) in [6.07, 6.45) is 2.94. The maximum absolute atomic E-state index is 10.2. The van der Waals surface area contributed by atoms with Crippen LogP contribution in [0.2, 0.25) is 0 Å². The third kappa shape index (κ3) is 4.61. The van der Waals surface area contributed by atoms with Crippen molar-refractivity contribution in [3.63, 3.8) is 0 Å². The highest BCUT2D eigenvalue weighted by Gasteiger charge is 1.94. The summed E-state index contributed by atoms with van der Waals surface area (Å²) in [5.74, 6) is -0.421. The minimum absolute atomic E-state index is 0.610. The molecule has 0 spiro atoms. The average molecular weight is 222 g/mol. The maximum atomic E-state index is 10.2. The smallest absolute Gasteiger partial charge is 0.331 e. The van der Waals surface area contributed by atoms with E-state index in [9.17, 15) is 4.79 Å². The summed E-state index contributed by atoms with van der Waals surface area (Å²) < 4.78 is 10.0. The molecular formula is C12H14O4. The van der Waals surface area contributed by atoms with Crippen molar-refractivity contribution >= 4 is 5.97 Å². The first kappa shape index (κ1) is 12.3. The number of ether oxygens (including phenoxy) is 2. The summed E-state index contributed by atoms with van der Waals surface area (Å²) in [6, 6.07) is 7.42. The standard InChI is InChI=1S/C12H14O4/c1-15-8-6-10-2-4-11(5-3-10)16-9-7-12(13)14/h2-5,7,9H,6,8H2,1H3,(H,13,14)/b9-7+. The molecular weight excluding hydrogens is 208 g/mol. The van der Waals surface area contributed by atoms with E-state index in [2.05, 4.69) is 0 Å². The second kappa shape index (κ2) is 6.63. The molecule has 4 heteroatoms. The Balaban J connectivity index is 2.48. The minimum Gasteiger partial charge on any atom is -0.478 e. The topological polar surface area (TPSA) is 55.8 Å². The molecule has 0 amide bonds. The van der Waals surface area contributed by atoms with Crippen molar-refractivity contribution in [2.45, 2.75) is 6.42 Å². The van der Waals surface area contributed by atoms with Crippen LogP contribution in [0.5, 0.6) is 5.75 Å². The molecule has 0 aliphatic heterocycles. The first-order chi connectivity index (χ1) is 7.72. The van der Waals surface area contributed by atoms with Gasteiger partial charge in [0.05, 0.1) is 18.9 Å². The Kier molecular flexibility index (Phi) is 5.08. The van der Waals surface area contributed by atoms with Crippen LogP contribution in [0, 0.1) is 0 Å². The van der Waals surface area contributed by atoms with Crippen LogP contribution in [0.1, 0.15) is 5.56 Å². The van der Waals surface area contributed by atoms with Crippen molar-refractivity contribution in [2.75, 3.05) is 13.7 Å². The third-order valence-corrected chi connectivity index (χ3v) is 1.93. The van der Waals surface area contributed by atoms with Gasteiger partial charge < -0.3 is 14.6 Å². The minimum atomic E-state index is -1.03. The fourth-order valence-corrected chi connectivity index (χ4v) is 1.13. The molecule has 1 aromatic carbocycles. The van der Waals surface area contributed by atoms with Crippen LogP contribution < -0.4 is 4.74 Å². The summed E-state index contributed by atoms with van der Waals surface area (Å²) in [4.78, 5) is 10.2. The van der Waals surface area contributed by atoms with E-state index < -0.39 is 5.97 Å². The van der Waals surface area contributed by atoms with E-state index in [0.717, 1.165) is 24.3 Å². The molecule has 0 aliphatic rings. The number of carboxylic acids is 1. The van der Waals surface area contributed by atoms with Gasteiger partial charge >= 0.3 is 5.97 Å². The number of hydrogen-bond acceptors (Lipinski definition) is 3. The maximum Gasteiger partial charge on any atom is 0.331 e. The van der Waals surface area contributed by atoms with Gasteiger partial charge in [0.1, 0.15) is 5.75 Å². The molecule has 1 rings (SSSR count). The quantitative estimate of drug-likeness (QED) is 0.589. The molecule has 0 bridgehead atoms. The van der Waals surface area contributed by atoms with Crippen molar-refractivity contribution in [1.82, 2.24) is 0 Å². The van der Waals surface area contributed by atoms with E-state index in [1.807, 2.05) is 12.1 Å². The lowest BCUT2D eigenvalue weighted by Gasteiger charge is -2.02. The predicted octanol–water partition coefficient (Wildman–Crippen LogP) is 1.85. The van der Waals surface area contributed by atoms with Gasteiger partial charge in [0.2, 0.25) is 0 Å². The Hall–Kier alpha value is -1.81. The number of methoxy groups -OCH3 is 1. The van der Waals surface area contributed by atoms with E-state index in [4.69, 9.17) is 14.6 Å². The van der Waals surface area contributed by atoms with Crippen molar-refractivity contribution in [3.8, 4) is 5.75 Å². The lowest BCUT2D eigenvalue weighted by molar-refractivity contribution is -0.131. The van der Waals surface area contributed by atoms with Crippen molar-refractivity contribution in [1.29, 1.82) is 0 Å². The zero-order chi connectivity index (χ0) is 11.8. The largest absolute Gasteiger partial charge is 0.478 e. The summed E-state index contributed by atoms with van der Waals surface area (Å²) in [6.45, 7) is 0.680. The number of aliphatic carboxylic acids is 1. The van der Waals surface area contributed by atoms with Crippen LogP contribution in [0.3, 0.4) is 0 Å². The van der Waals surface area contributed by atoms with Crippen molar-refractivity contribution < 1.29 is 19.4 Å². The number of benzene rings is 1. The van der Waals surface area contributed by atoms with Crippen LogP contribution in [0.15, 0.2) is 36.6 Å². The summed E-state index contributed by atoms with van der Waals surface area (Å²) in [5.41, 5.74) is 1.15. The zero-order valence-corrected chi connectivity index (χ0v) is 9.05. The molecule has 0 unspecified atom stereocenters. The fraction of sp³-hybridized carbons (Fsp3) is 0.250. The molecule has 86 valence electrons. The van der Waals surface area contributed by atoms with E-state index >= 15 is 0 Å². The monoisotopic (exact) mass is 222 g/mol. The van der Waals surface area contributed by atoms with Crippen LogP contribution in [0.25, 0.3) is 0 Å². The van der Waals surface area contributed by atoms with Crippen LogP contribution in [-0.4, -0.2) is 24.8 Å². The Morgan fingerprint density at radius 3 is 2.62 bits per heavy atom. The Morgan fingerprint density at radius 2 is 2.06 bits per heavy atom. The van der Waals surface area contributed by atoms with Crippen LogP contribution in [0.4, 0.5) is 0 Å². The normalized spacial score (nSPS) is 10.6. The molecule has 1 aromatic rings. The van der Waals surface area contributed by atoms with Gasteiger partial charge in [0, 0.05) is 7.11 Å². The lowest BCUT2D eigenvalue weighted by Crippen LogP contribution is -1.94. The highest BCUT2D eigenvalue weighted by molar-refractivity contribution is 5.79. The zero-order valence-electron chi connectivity index (χ0n) is 9.05. The molecule has 4 nitrogen and oxygen atoms in total. The van der Waals surface area contributed by atoms with Crippen molar-refractivity contribution in [3.05, 3.63) is 42.2 Å². The average Bonchev–Trinajstić information content (AvgIpc) is 2.27. The van der Waals surface area contributed by atoms with Gasteiger partial charge in [-0.25, -0.2) is 4.79 Å². The molecule has 0 saturated heterocycles. The summed E-state index contributed by atoms with van der Waals surface area (Å²) in [5, 5.41) is 8.35. The third-order valence-electron chi connectivity index (χ3n) is 1.93. The summed E-state index contributed by atoms with van der Waals surface area (Å²) in [7, 11) is 1.66. The highest BCUT2D eigenvalue weighted by atomic mass is 16.5. The van der Waals surface area contributed by atoms with Gasteiger partial charge in [0.25, 0.3) is 0 Å². The first-order valence-corrected chi connectivity index (χ1v) is 4.86. The van der Waals surface area contributed by atoms with Crippen LogP contribution >= 0.6 is 0 Å². The first-order valence-electron chi connectivity index (χ1n) is 4.86. The predicted molar refractivity (Wildman–Crippen MR) is 59.4 cm³/mol. The Morgan fingerprint density at radius 1 is 1.38 bits per heavy atom. The molecule has 16 heavy (non-hydrogen) atoms. The second-order valence-electron chi connectivity index (χ2n) is 3.15. The van der Waals surface area contributed by atoms with E-state index in [0.29, 0.717) is 12.4 Å². The molecule has 0 aliphatic carbocycles. The van der Waals surface area contributed by atoms with Gasteiger partial charge in [-0.3, -0.25) is 0 Å². The number of carbonyl (C=O) groups is 1. The van der Waals surface area contributed by atoms with E-state index in [1.165, 1.54) is 0 Å². The summed E-state index contributed by atoms with van der Waals surface area (Å²) >= 11 is 0. The molecule has 1 N–H and O–H groups in total. The second-order valence-corrected chi connectivity index (χ2v) is 3.15. The molecule has 0 atom stereocenters. The molecule has 0 heterocycles. The van der Waals surface area contributed by atoms with E-state index in [1.54, 1.807) is 19.2 Å². The molecule has 0 radical (unpaired) electrons. The van der Waals surface area contributed by atoms with Gasteiger partial charge in [-0.15, -0.1) is 0 Å². The van der Waals surface area contributed by atoms with E-state index in [-0.39, 0.29) is 0 Å². The van der Waals surface area contributed by atoms with Gasteiger partial charge in [-0.2, -0.15) is 0 Å². The number of carboxylic acid groups (broad SMARTS) is 1. The number of hydrogen-bond donors (Lipinski definition) is 1. The number of rotatable bonds is 6. The molecule has 0 fully saturated rings. The van der Waals surface area contributed by atoms with Gasteiger partial charge in [-0.1, -0.05) is 12.1 Å². The molecule has 0 aromatic heterocycles. The van der Waals surface area contributed by atoms with Gasteiger partial charge in [-0.05, 0) is 24.1 Å². The van der Waals surface area contributed by atoms with Gasteiger partial charge in [0.15, 0.2) is 0 Å².